The van der Waals surface area contributed by atoms with Gasteiger partial charge in [-0.1, -0.05) is 47.7 Å². The van der Waals surface area contributed by atoms with Crippen LogP contribution in [0.5, 0.6) is 0 Å². The molecule has 0 heterocycles. The summed E-state index contributed by atoms with van der Waals surface area (Å²) in [6.07, 6.45) is 0. The molecule has 0 saturated heterocycles. The second kappa shape index (κ2) is 7.02. The third-order valence-electron chi connectivity index (χ3n) is 2.45. The summed E-state index contributed by atoms with van der Waals surface area (Å²) in [6, 6.07) is 11.0. The number of hydrogen-bond acceptors (Lipinski definition) is 2. The molecular weight excluding hydrogens is 320 g/mol. The van der Waals surface area contributed by atoms with Crippen LogP contribution in [0.4, 0.5) is 14.5 Å². The summed E-state index contributed by atoms with van der Waals surface area (Å²) < 4.78 is 26.3. The molecule has 0 saturated carbocycles. The van der Waals surface area contributed by atoms with Crippen molar-refractivity contribution in [1.82, 2.24) is 0 Å². The summed E-state index contributed by atoms with van der Waals surface area (Å²) in [7, 11) is 0. The van der Waals surface area contributed by atoms with Crippen molar-refractivity contribution in [2.24, 2.45) is 0 Å². The molecule has 2 rings (SSSR count). The van der Waals surface area contributed by atoms with Gasteiger partial charge in [-0.15, -0.1) is 0 Å². The molecule has 0 aliphatic carbocycles. The minimum atomic E-state index is -0.902. The maximum Gasteiger partial charge on any atom is 0.160 e. The molecule has 0 spiro atoms. The Morgan fingerprint density at radius 1 is 1.10 bits per heavy atom. The number of anilines is 1. The van der Waals surface area contributed by atoms with E-state index in [2.05, 4.69) is 5.32 Å². The molecule has 6 heteroatoms. The first-order chi connectivity index (χ1) is 9.54. The number of thioether (sulfide) groups is 1. The second-order valence-corrected chi connectivity index (χ2v) is 6.05. The predicted octanol–water partition coefficient (Wildman–Crippen LogP) is 5.25. The van der Waals surface area contributed by atoms with E-state index in [-0.39, 0.29) is 0 Å². The lowest BCUT2D eigenvalue weighted by molar-refractivity contribution is 0.509. The van der Waals surface area contributed by atoms with E-state index in [1.165, 1.54) is 17.8 Å². The Morgan fingerprint density at radius 2 is 1.80 bits per heavy atom. The van der Waals surface area contributed by atoms with Gasteiger partial charge in [0.25, 0.3) is 0 Å². The van der Waals surface area contributed by atoms with Crippen molar-refractivity contribution in [3.63, 3.8) is 0 Å². The average molecular weight is 330 g/mol. The zero-order valence-corrected chi connectivity index (χ0v) is 12.6. The maximum absolute atomic E-state index is 13.0. The first kappa shape index (κ1) is 15.2. The highest BCUT2D eigenvalue weighted by molar-refractivity contribution is 8.22. The number of nitrogens with one attached hydrogen (secondary N) is 1. The molecular formula is C14H10ClF2NS2. The SMILES string of the molecule is Fc1ccc(NC(=S)SCc2ccc(Cl)cc2)cc1F. The maximum atomic E-state index is 13.0. The van der Waals surface area contributed by atoms with E-state index in [1.807, 2.05) is 24.3 Å². The fourth-order valence-corrected chi connectivity index (χ4v) is 2.56. The van der Waals surface area contributed by atoms with Crippen LogP contribution in [0.15, 0.2) is 42.5 Å². The Hall–Kier alpha value is -1.17. The van der Waals surface area contributed by atoms with E-state index < -0.39 is 11.6 Å². The van der Waals surface area contributed by atoms with E-state index in [0.29, 0.717) is 20.8 Å². The predicted molar refractivity (Wildman–Crippen MR) is 85.3 cm³/mol. The molecule has 2 aromatic rings. The van der Waals surface area contributed by atoms with Gasteiger partial charge in [0.2, 0.25) is 0 Å². The first-order valence-electron chi connectivity index (χ1n) is 5.68. The van der Waals surface area contributed by atoms with Gasteiger partial charge in [-0.25, -0.2) is 8.78 Å². The minimum absolute atomic E-state index is 0.428. The first-order valence-corrected chi connectivity index (χ1v) is 7.45. The van der Waals surface area contributed by atoms with Gasteiger partial charge < -0.3 is 5.32 Å². The third kappa shape index (κ3) is 4.44. The number of benzene rings is 2. The van der Waals surface area contributed by atoms with E-state index in [9.17, 15) is 8.78 Å². The van der Waals surface area contributed by atoms with Crippen LogP contribution in [0.1, 0.15) is 5.56 Å². The summed E-state index contributed by atoms with van der Waals surface area (Å²) in [6.45, 7) is 0. The summed E-state index contributed by atoms with van der Waals surface area (Å²) in [5, 5.41) is 3.53. The molecule has 0 aliphatic rings. The molecule has 1 N–H and O–H groups in total. The van der Waals surface area contributed by atoms with Gasteiger partial charge in [-0.2, -0.15) is 0 Å². The van der Waals surface area contributed by atoms with Crippen molar-refractivity contribution in [3.8, 4) is 0 Å². The molecule has 1 nitrogen and oxygen atoms in total. The minimum Gasteiger partial charge on any atom is -0.341 e. The van der Waals surface area contributed by atoms with Crippen molar-refractivity contribution in [2.75, 3.05) is 5.32 Å². The van der Waals surface area contributed by atoms with Crippen molar-refractivity contribution in [2.45, 2.75) is 5.75 Å². The molecule has 0 unspecified atom stereocenters. The molecule has 0 fully saturated rings. The summed E-state index contributed by atoms with van der Waals surface area (Å²) in [4.78, 5) is 0. The number of thiocarbonyl (C=S) groups is 1. The highest BCUT2D eigenvalue weighted by Gasteiger charge is 2.04. The third-order valence-corrected chi connectivity index (χ3v) is 4.00. The number of hydrogen-bond donors (Lipinski definition) is 1. The molecule has 0 aliphatic heterocycles. The normalized spacial score (nSPS) is 10.3. The average Bonchev–Trinajstić information content (AvgIpc) is 2.42. The summed E-state index contributed by atoms with van der Waals surface area (Å²) in [5.74, 6) is -1.11. The quantitative estimate of drug-likeness (QED) is 0.772. The van der Waals surface area contributed by atoms with Gasteiger partial charge in [-0.05, 0) is 29.8 Å². The zero-order valence-electron chi connectivity index (χ0n) is 10.2. The summed E-state index contributed by atoms with van der Waals surface area (Å²) in [5.41, 5.74) is 1.51. The lowest BCUT2D eigenvalue weighted by Crippen LogP contribution is -2.05. The molecule has 0 amide bonds. The lowest BCUT2D eigenvalue weighted by atomic mass is 10.2. The largest absolute Gasteiger partial charge is 0.341 e. The molecule has 0 radical (unpaired) electrons. The number of rotatable bonds is 3. The van der Waals surface area contributed by atoms with E-state index >= 15 is 0 Å². The van der Waals surface area contributed by atoms with Crippen molar-refractivity contribution in [3.05, 3.63) is 64.7 Å². The Balaban J connectivity index is 1.89. The van der Waals surface area contributed by atoms with Gasteiger partial charge in [-0.3, -0.25) is 0 Å². The Labute approximate surface area is 130 Å². The van der Waals surface area contributed by atoms with Crippen LogP contribution in [-0.2, 0) is 5.75 Å². The van der Waals surface area contributed by atoms with Gasteiger partial charge in [0, 0.05) is 22.5 Å². The Bertz CT molecular complexity index is 617. The molecule has 0 atom stereocenters. The topological polar surface area (TPSA) is 12.0 Å². The standard InChI is InChI=1S/C14H10ClF2NS2/c15-10-3-1-9(2-4-10)8-20-14(19)18-11-5-6-12(16)13(17)7-11/h1-7H,8H2,(H,18,19). The van der Waals surface area contributed by atoms with E-state index in [1.54, 1.807) is 0 Å². The van der Waals surface area contributed by atoms with Gasteiger partial charge >= 0.3 is 0 Å². The van der Waals surface area contributed by atoms with Crippen LogP contribution in [0.25, 0.3) is 0 Å². The van der Waals surface area contributed by atoms with Gasteiger partial charge in [0.15, 0.2) is 11.6 Å². The van der Waals surface area contributed by atoms with Crippen LogP contribution in [0, 0.1) is 11.6 Å². The fourth-order valence-electron chi connectivity index (χ4n) is 1.46. The highest BCUT2D eigenvalue weighted by Crippen LogP contribution is 2.19. The van der Waals surface area contributed by atoms with Crippen LogP contribution < -0.4 is 5.32 Å². The second-order valence-electron chi connectivity index (χ2n) is 3.96. The molecule has 20 heavy (non-hydrogen) atoms. The molecule has 2 aromatic carbocycles. The molecule has 0 bridgehead atoms. The monoisotopic (exact) mass is 329 g/mol. The van der Waals surface area contributed by atoms with Crippen molar-refractivity contribution in [1.29, 1.82) is 0 Å². The van der Waals surface area contributed by atoms with Crippen LogP contribution in [0.3, 0.4) is 0 Å². The summed E-state index contributed by atoms with van der Waals surface area (Å²) >= 11 is 12.3. The van der Waals surface area contributed by atoms with Crippen molar-refractivity contribution < 1.29 is 8.78 Å². The Morgan fingerprint density at radius 3 is 2.45 bits per heavy atom. The van der Waals surface area contributed by atoms with Crippen molar-refractivity contribution >= 4 is 45.6 Å². The van der Waals surface area contributed by atoms with Gasteiger partial charge in [0.05, 0.1) is 0 Å². The highest BCUT2D eigenvalue weighted by atomic mass is 35.5. The van der Waals surface area contributed by atoms with Gasteiger partial charge in [0.1, 0.15) is 4.32 Å². The smallest absolute Gasteiger partial charge is 0.160 e. The van der Waals surface area contributed by atoms with Crippen LogP contribution in [-0.4, -0.2) is 4.32 Å². The lowest BCUT2D eigenvalue weighted by Gasteiger charge is -2.08. The number of halogens is 3. The van der Waals surface area contributed by atoms with E-state index in [0.717, 1.165) is 17.7 Å². The molecule has 104 valence electrons. The fraction of sp³-hybridized carbons (Fsp3) is 0.0714. The molecule has 0 aromatic heterocycles. The Kier molecular flexibility index (Phi) is 5.34. The zero-order chi connectivity index (χ0) is 14.5. The van der Waals surface area contributed by atoms with E-state index in [4.69, 9.17) is 23.8 Å². The van der Waals surface area contributed by atoms with Crippen LogP contribution >= 0.6 is 35.6 Å². The van der Waals surface area contributed by atoms with Crippen LogP contribution in [0.2, 0.25) is 5.02 Å².